The van der Waals surface area contributed by atoms with Crippen LogP contribution in [0.25, 0.3) is 22.0 Å². The summed E-state index contributed by atoms with van der Waals surface area (Å²) in [6.07, 6.45) is 1.99. The predicted molar refractivity (Wildman–Crippen MR) is 108 cm³/mol. The van der Waals surface area contributed by atoms with E-state index in [0.717, 1.165) is 24.0 Å². The highest BCUT2D eigenvalue weighted by atomic mass is 19.1. The number of nitrogen functional groups attached to an aromatic ring is 1. The molecule has 146 valence electrons. The van der Waals surface area contributed by atoms with E-state index < -0.39 is 6.67 Å². The number of anilines is 1. The molecule has 0 saturated heterocycles. The van der Waals surface area contributed by atoms with E-state index in [1.54, 1.807) is 12.1 Å². The number of fused-ring (bicyclic) bond motifs is 1. The number of nitrogens with zero attached hydrogens (tertiary/aromatic N) is 2. The molecule has 0 aliphatic carbocycles. The maximum absolute atomic E-state index is 12.5. The van der Waals surface area contributed by atoms with Crippen molar-refractivity contribution in [3.05, 3.63) is 48.0 Å². The van der Waals surface area contributed by atoms with Gasteiger partial charge in [0.1, 0.15) is 13.3 Å². The SMILES string of the molecule is CCCCNC(=O)c1ccc(-c2ccc3nc(N)nc(OCCF)c3c2)cc1. The number of ether oxygens (including phenoxy) is 1. The molecule has 1 aromatic heterocycles. The third kappa shape index (κ3) is 4.54. The topological polar surface area (TPSA) is 90.1 Å². The van der Waals surface area contributed by atoms with Crippen LogP contribution in [0.1, 0.15) is 30.1 Å². The minimum absolute atomic E-state index is 0.0764. The zero-order valence-corrected chi connectivity index (χ0v) is 15.7. The Balaban J connectivity index is 1.86. The lowest BCUT2D eigenvalue weighted by Gasteiger charge is -2.10. The van der Waals surface area contributed by atoms with Gasteiger partial charge in [-0.2, -0.15) is 4.98 Å². The van der Waals surface area contributed by atoms with Gasteiger partial charge in [-0.3, -0.25) is 4.79 Å². The molecule has 28 heavy (non-hydrogen) atoms. The summed E-state index contributed by atoms with van der Waals surface area (Å²) < 4.78 is 17.9. The molecule has 3 rings (SSSR count). The summed E-state index contributed by atoms with van der Waals surface area (Å²) in [7, 11) is 0. The highest BCUT2D eigenvalue weighted by Crippen LogP contribution is 2.29. The Hall–Kier alpha value is -3.22. The standard InChI is InChI=1S/C21H23FN4O2/c1-2-3-11-24-19(27)15-6-4-14(5-7-15)16-8-9-18-17(13-16)20(28-12-10-22)26-21(23)25-18/h4-9,13H,2-3,10-12H2,1H3,(H,24,27)(H2,23,25,26). The van der Waals surface area contributed by atoms with Gasteiger partial charge in [-0.05, 0) is 41.8 Å². The molecular weight excluding hydrogens is 359 g/mol. The van der Waals surface area contributed by atoms with Crippen LogP contribution in [0.5, 0.6) is 5.88 Å². The van der Waals surface area contributed by atoms with Gasteiger partial charge in [-0.25, -0.2) is 9.37 Å². The summed E-state index contributed by atoms with van der Waals surface area (Å²) in [6, 6.07) is 13.0. The van der Waals surface area contributed by atoms with Crippen LogP contribution in [0.3, 0.4) is 0 Å². The smallest absolute Gasteiger partial charge is 0.251 e. The van der Waals surface area contributed by atoms with Gasteiger partial charge >= 0.3 is 0 Å². The van der Waals surface area contributed by atoms with Gasteiger partial charge in [0, 0.05) is 12.1 Å². The van der Waals surface area contributed by atoms with E-state index in [0.29, 0.717) is 23.0 Å². The number of nitrogens with two attached hydrogens (primary N) is 1. The molecule has 0 bridgehead atoms. The quantitative estimate of drug-likeness (QED) is 0.579. The maximum Gasteiger partial charge on any atom is 0.251 e. The molecule has 0 saturated carbocycles. The summed E-state index contributed by atoms with van der Waals surface area (Å²) in [4.78, 5) is 20.4. The van der Waals surface area contributed by atoms with Gasteiger partial charge in [0.05, 0.1) is 10.9 Å². The van der Waals surface area contributed by atoms with Crippen LogP contribution in [0.2, 0.25) is 0 Å². The Morgan fingerprint density at radius 1 is 1.14 bits per heavy atom. The summed E-state index contributed by atoms with van der Waals surface area (Å²) in [5.74, 6) is 0.255. The predicted octanol–water partition coefficient (Wildman–Crippen LogP) is 3.76. The van der Waals surface area contributed by atoms with E-state index in [1.807, 2.05) is 30.3 Å². The van der Waals surface area contributed by atoms with Crippen LogP contribution in [-0.2, 0) is 0 Å². The average Bonchev–Trinajstić information content (AvgIpc) is 2.72. The minimum atomic E-state index is -0.618. The fraction of sp³-hybridized carbons (Fsp3) is 0.286. The first-order valence-electron chi connectivity index (χ1n) is 9.27. The zero-order valence-electron chi connectivity index (χ0n) is 15.7. The number of hydrogen-bond donors (Lipinski definition) is 2. The summed E-state index contributed by atoms with van der Waals surface area (Å²) in [6.45, 7) is 2.04. The molecule has 2 aromatic carbocycles. The maximum atomic E-state index is 12.5. The van der Waals surface area contributed by atoms with Gasteiger partial charge in [0.2, 0.25) is 11.8 Å². The van der Waals surface area contributed by atoms with Crippen molar-refractivity contribution in [1.29, 1.82) is 0 Å². The van der Waals surface area contributed by atoms with Crippen LogP contribution in [0, 0.1) is 0 Å². The minimum Gasteiger partial charge on any atom is -0.474 e. The second-order valence-electron chi connectivity index (χ2n) is 6.34. The summed E-state index contributed by atoms with van der Waals surface area (Å²) in [5.41, 5.74) is 8.77. The van der Waals surface area contributed by atoms with E-state index in [2.05, 4.69) is 22.2 Å². The van der Waals surface area contributed by atoms with Crippen LogP contribution in [0.15, 0.2) is 42.5 Å². The molecule has 0 spiro atoms. The number of rotatable bonds is 8. The van der Waals surface area contributed by atoms with Crippen LogP contribution >= 0.6 is 0 Å². The van der Waals surface area contributed by atoms with Gasteiger partial charge in [-0.15, -0.1) is 0 Å². The Bertz CT molecular complexity index is 961. The van der Waals surface area contributed by atoms with E-state index in [9.17, 15) is 9.18 Å². The average molecular weight is 382 g/mol. The van der Waals surface area contributed by atoms with Gasteiger partial charge < -0.3 is 15.8 Å². The normalized spacial score (nSPS) is 10.8. The zero-order chi connectivity index (χ0) is 19.9. The number of aromatic nitrogens is 2. The highest BCUT2D eigenvalue weighted by Gasteiger charge is 2.10. The fourth-order valence-electron chi connectivity index (χ4n) is 2.84. The number of halogens is 1. The first-order valence-corrected chi connectivity index (χ1v) is 9.27. The third-order valence-corrected chi connectivity index (χ3v) is 4.29. The molecule has 1 amide bonds. The first-order chi connectivity index (χ1) is 13.6. The van der Waals surface area contributed by atoms with Crippen molar-refractivity contribution < 1.29 is 13.9 Å². The Kier molecular flexibility index (Phi) is 6.37. The number of hydrogen-bond acceptors (Lipinski definition) is 5. The number of carbonyl (C=O) groups is 1. The monoisotopic (exact) mass is 382 g/mol. The molecule has 7 heteroatoms. The van der Waals surface area contributed by atoms with E-state index in [-0.39, 0.29) is 24.3 Å². The Morgan fingerprint density at radius 3 is 2.61 bits per heavy atom. The molecule has 0 radical (unpaired) electrons. The molecule has 1 heterocycles. The molecular formula is C21H23FN4O2. The lowest BCUT2D eigenvalue weighted by atomic mass is 10.0. The Morgan fingerprint density at radius 2 is 1.89 bits per heavy atom. The second kappa shape index (κ2) is 9.12. The second-order valence-corrected chi connectivity index (χ2v) is 6.34. The van der Waals surface area contributed by atoms with Crippen LogP contribution in [-0.4, -0.2) is 35.7 Å². The van der Waals surface area contributed by atoms with Crippen LogP contribution < -0.4 is 15.8 Å². The Labute approximate surface area is 162 Å². The molecule has 3 N–H and O–H groups in total. The molecule has 0 aliphatic heterocycles. The summed E-state index contributed by atoms with van der Waals surface area (Å²) >= 11 is 0. The van der Waals surface area contributed by atoms with Crippen molar-refractivity contribution in [3.63, 3.8) is 0 Å². The number of benzene rings is 2. The van der Waals surface area contributed by atoms with Crippen molar-refractivity contribution in [2.45, 2.75) is 19.8 Å². The van der Waals surface area contributed by atoms with Crippen molar-refractivity contribution in [2.75, 3.05) is 25.6 Å². The molecule has 0 unspecified atom stereocenters. The summed E-state index contributed by atoms with van der Waals surface area (Å²) in [5, 5.41) is 3.56. The number of carbonyl (C=O) groups excluding carboxylic acids is 1. The number of nitrogens with one attached hydrogen (secondary N) is 1. The van der Waals surface area contributed by atoms with Crippen molar-refractivity contribution in [1.82, 2.24) is 15.3 Å². The van der Waals surface area contributed by atoms with Gasteiger partial charge in [0.25, 0.3) is 5.91 Å². The number of unbranched alkanes of at least 4 members (excludes halogenated alkanes) is 1. The van der Waals surface area contributed by atoms with E-state index >= 15 is 0 Å². The van der Waals surface area contributed by atoms with E-state index in [1.165, 1.54) is 0 Å². The lowest BCUT2D eigenvalue weighted by molar-refractivity contribution is 0.0953. The molecule has 3 aromatic rings. The van der Waals surface area contributed by atoms with Crippen LogP contribution in [0.4, 0.5) is 10.3 Å². The van der Waals surface area contributed by atoms with Gasteiger partial charge in [-0.1, -0.05) is 31.5 Å². The molecule has 0 aliphatic rings. The van der Waals surface area contributed by atoms with Gasteiger partial charge in [0.15, 0.2) is 0 Å². The van der Waals surface area contributed by atoms with Crippen molar-refractivity contribution in [3.8, 4) is 17.0 Å². The third-order valence-electron chi connectivity index (χ3n) is 4.29. The van der Waals surface area contributed by atoms with E-state index in [4.69, 9.17) is 10.5 Å². The highest BCUT2D eigenvalue weighted by molar-refractivity contribution is 5.95. The van der Waals surface area contributed by atoms with Crippen molar-refractivity contribution >= 4 is 22.8 Å². The first kappa shape index (κ1) is 19.5. The molecule has 0 atom stereocenters. The molecule has 6 nitrogen and oxygen atoms in total. The largest absolute Gasteiger partial charge is 0.474 e. The fourth-order valence-corrected chi connectivity index (χ4v) is 2.84. The number of amides is 1. The van der Waals surface area contributed by atoms with Crippen molar-refractivity contribution in [2.24, 2.45) is 0 Å². The number of alkyl halides is 1. The molecule has 0 fully saturated rings. The lowest BCUT2D eigenvalue weighted by Crippen LogP contribution is -2.24.